The smallest absolute Gasteiger partial charge is 0.249 e. The molecule has 0 radical (unpaired) electrons. The van der Waals surface area contributed by atoms with Gasteiger partial charge in [0.1, 0.15) is 19.0 Å². The fourth-order valence-corrected chi connectivity index (χ4v) is 5.45. The van der Waals surface area contributed by atoms with E-state index in [1.807, 2.05) is 61.6 Å². The number of nitrogens with one attached hydrogen (secondary N) is 3. The molecule has 38 heavy (non-hydrogen) atoms. The Morgan fingerprint density at radius 3 is 2.66 bits per heavy atom. The van der Waals surface area contributed by atoms with E-state index in [2.05, 4.69) is 20.9 Å². The second-order valence-corrected chi connectivity index (χ2v) is 9.80. The van der Waals surface area contributed by atoms with E-state index in [9.17, 15) is 14.4 Å². The number of benzene rings is 2. The molecule has 3 aromatic rings. The van der Waals surface area contributed by atoms with E-state index >= 15 is 0 Å². The van der Waals surface area contributed by atoms with Crippen LogP contribution in [0.2, 0.25) is 0 Å². The second-order valence-electron chi connectivity index (χ2n) is 9.80. The maximum atomic E-state index is 13.1. The van der Waals surface area contributed by atoms with Gasteiger partial charge in [-0.15, -0.1) is 0 Å². The van der Waals surface area contributed by atoms with Gasteiger partial charge in [-0.2, -0.15) is 0 Å². The minimum absolute atomic E-state index is 0.0427. The summed E-state index contributed by atoms with van der Waals surface area (Å²) in [6, 6.07) is 17.4. The molecule has 2 aliphatic rings. The van der Waals surface area contributed by atoms with Crippen LogP contribution in [0.4, 0.5) is 11.5 Å². The number of carbonyl (C=O) groups is 3. The van der Waals surface area contributed by atoms with E-state index in [0.29, 0.717) is 37.4 Å². The number of amides is 3. The third kappa shape index (κ3) is 4.90. The van der Waals surface area contributed by atoms with Gasteiger partial charge >= 0.3 is 0 Å². The molecule has 3 amide bonds. The molecular formula is C29H31N5O4. The predicted molar refractivity (Wildman–Crippen MR) is 144 cm³/mol. The summed E-state index contributed by atoms with van der Waals surface area (Å²) in [7, 11) is 3.33. The Hall–Kier alpha value is -4.08. The Balaban J connectivity index is 1.30. The maximum absolute atomic E-state index is 13.1. The van der Waals surface area contributed by atoms with Gasteiger partial charge in [0.05, 0.1) is 5.41 Å². The highest BCUT2D eigenvalue weighted by atomic mass is 16.5. The Morgan fingerprint density at radius 2 is 1.87 bits per heavy atom. The molecule has 0 bridgehead atoms. The fourth-order valence-electron chi connectivity index (χ4n) is 5.45. The second kappa shape index (κ2) is 10.7. The summed E-state index contributed by atoms with van der Waals surface area (Å²) in [6.07, 6.45) is 2.80. The van der Waals surface area contributed by atoms with Gasteiger partial charge in [0.25, 0.3) is 0 Å². The third-order valence-electron chi connectivity index (χ3n) is 7.27. The van der Waals surface area contributed by atoms with Crippen LogP contribution >= 0.6 is 0 Å². The summed E-state index contributed by atoms with van der Waals surface area (Å²) >= 11 is 0. The number of rotatable bonds is 9. The maximum Gasteiger partial charge on any atom is 0.249 e. The number of hydrogen-bond donors (Lipinski definition) is 3. The highest BCUT2D eigenvalue weighted by Gasteiger charge is 2.51. The van der Waals surface area contributed by atoms with Crippen LogP contribution in [0.3, 0.4) is 0 Å². The minimum Gasteiger partial charge on any atom is -0.375 e. The van der Waals surface area contributed by atoms with E-state index in [1.54, 1.807) is 6.20 Å². The number of methoxy groups -OCH3 is 1. The molecule has 1 atom stereocenters. The van der Waals surface area contributed by atoms with E-state index in [1.165, 1.54) is 12.0 Å². The van der Waals surface area contributed by atoms with E-state index in [-0.39, 0.29) is 30.9 Å². The summed E-state index contributed by atoms with van der Waals surface area (Å²) in [5.74, 6) is 0.00784. The number of hydrogen-bond acceptors (Lipinski definition) is 6. The van der Waals surface area contributed by atoms with Crippen molar-refractivity contribution < 1.29 is 19.1 Å². The number of anilines is 2. The van der Waals surface area contributed by atoms with E-state index in [0.717, 1.165) is 27.8 Å². The van der Waals surface area contributed by atoms with Crippen LogP contribution in [0.25, 0.3) is 0 Å². The Morgan fingerprint density at radius 1 is 1.08 bits per heavy atom. The first-order valence-corrected chi connectivity index (χ1v) is 12.6. The number of nitrogens with zero attached hydrogens (tertiary/aromatic N) is 2. The van der Waals surface area contributed by atoms with Crippen LogP contribution in [-0.4, -0.2) is 54.9 Å². The zero-order valence-electron chi connectivity index (χ0n) is 21.5. The number of carbonyl (C=O) groups excluding carboxylic acids is 3. The summed E-state index contributed by atoms with van der Waals surface area (Å²) in [5.41, 5.74) is 5.00. The normalized spacial score (nSPS) is 17.2. The van der Waals surface area contributed by atoms with Gasteiger partial charge in [-0.1, -0.05) is 36.4 Å². The first-order valence-electron chi connectivity index (χ1n) is 12.6. The molecule has 5 rings (SSSR count). The minimum atomic E-state index is -0.668. The predicted octanol–water partition coefficient (Wildman–Crippen LogP) is 2.40. The SMILES string of the molecule is CNCc1ccccc1CN(CC(=O)Nc1ccc2c(c1)CC1(C2)C(=O)Nc2ncccc21)C(=O)COC. The van der Waals surface area contributed by atoms with Crippen LogP contribution in [-0.2, 0) is 50.5 Å². The molecule has 0 fully saturated rings. The molecule has 9 nitrogen and oxygen atoms in total. The molecule has 1 spiro atoms. The molecule has 3 N–H and O–H groups in total. The van der Waals surface area contributed by atoms with Gasteiger partial charge in [-0.3, -0.25) is 14.4 Å². The largest absolute Gasteiger partial charge is 0.375 e. The number of aromatic nitrogens is 1. The zero-order chi connectivity index (χ0) is 26.7. The average Bonchev–Trinajstić information content (AvgIpc) is 3.42. The molecule has 1 aliphatic carbocycles. The van der Waals surface area contributed by atoms with Crippen molar-refractivity contribution in [3.63, 3.8) is 0 Å². The number of ether oxygens (including phenoxy) is 1. The van der Waals surface area contributed by atoms with Gasteiger partial charge in [-0.25, -0.2) is 4.98 Å². The summed E-state index contributed by atoms with van der Waals surface area (Å²) in [5, 5.41) is 8.99. The molecule has 1 aliphatic heterocycles. The van der Waals surface area contributed by atoms with Gasteiger partial charge in [0, 0.05) is 37.6 Å². The summed E-state index contributed by atoms with van der Waals surface area (Å²) < 4.78 is 5.06. The zero-order valence-corrected chi connectivity index (χ0v) is 21.5. The van der Waals surface area contributed by atoms with Crippen molar-refractivity contribution in [3.05, 3.63) is 88.6 Å². The Bertz CT molecular complexity index is 1390. The molecule has 0 saturated heterocycles. The van der Waals surface area contributed by atoms with Crippen LogP contribution < -0.4 is 16.0 Å². The number of pyridine rings is 1. The summed E-state index contributed by atoms with van der Waals surface area (Å²) in [4.78, 5) is 44.6. The van der Waals surface area contributed by atoms with Crippen molar-refractivity contribution in [2.24, 2.45) is 0 Å². The molecule has 9 heteroatoms. The van der Waals surface area contributed by atoms with Crippen LogP contribution in [0.5, 0.6) is 0 Å². The topological polar surface area (TPSA) is 113 Å². The quantitative estimate of drug-likeness (QED) is 0.405. The lowest BCUT2D eigenvalue weighted by molar-refractivity contribution is -0.138. The van der Waals surface area contributed by atoms with Crippen molar-refractivity contribution in [1.29, 1.82) is 0 Å². The van der Waals surface area contributed by atoms with Gasteiger partial charge in [0.15, 0.2) is 0 Å². The lowest BCUT2D eigenvalue weighted by Crippen LogP contribution is -2.39. The third-order valence-corrected chi connectivity index (χ3v) is 7.27. The molecule has 1 aromatic heterocycles. The van der Waals surface area contributed by atoms with Gasteiger partial charge in [-0.05, 0) is 60.3 Å². The molecule has 196 valence electrons. The van der Waals surface area contributed by atoms with Crippen LogP contribution in [0.1, 0.15) is 27.8 Å². The van der Waals surface area contributed by atoms with Gasteiger partial charge < -0.3 is 25.6 Å². The average molecular weight is 514 g/mol. The van der Waals surface area contributed by atoms with Crippen LogP contribution in [0, 0.1) is 0 Å². The Labute approximate surface area is 221 Å². The van der Waals surface area contributed by atoms with Crippen molar-refractivity contribution in [3.8, 4) is 0 Å². The van der Waals surface area contributed by atoms with Gasteiger partial charge in [0.2, 0.25) is 17.7 Å². The van der Waals surface area contributed by atoms with Crippen molar-refractivity contribution >= 4 is 29.2 Å². The summed E-state index contributed by atoms with van der Waals surface area (Å²) in [6.45, 7) is 0.728. The number of fused-ring (bicyclic) bond motifs is 3. The highest BCUT2D eigenvalue weighted by Crippen LogP contribution is 2.46. The first-order chi connectivity index (χ1) is 18.4. The monoisotopic (exact) mass is 513 g/mol. The molecule has 1 unspecified atom stereocenters. The van der Waals surface area contributed by atoms with Crippen molar-refractivity contribution in [2.45, 2.75) is 31.3 Å². The van der Waals surface area contributed by atoms with Crippen molar-refractivity contribution in [1.82, 2.24) is 15.2 Å². The Kier molecular flexibility index (Phi) is 7.22. The van der Waals surface area contributed by atoms with E-state index in [4.69, 9.17) is 4.74 Å². The fraction of sp³-hybridized carbons (Fsp3) is 0.310. The van der Waals surface area contributed by atoms with Crippen LogP contribution in [0.15, 0.2) is 60.8 Å². The highest BCUT2D eigenvalue weighted by molar-refractivity contribution is 6.06. The molecule has 2 aromatic carbocycles. The van der Waals surface area contributed by atoms with E-state index < -0.39 is 5.41 Å². The lowest BCUT2D eigenvalue weighted by atomic mass is 9.79. The standard InChI is InChI=1S/C29H31N5O4/c1-30-15-20-6-3-4-7-21(20)16-34(26(36)18-38-2)17-25(35)32-23-10-9-19-13-29(14-22(19)12-23)24-8-5-11-31-27(24)33-28(29)37/h3-12,30H,13-18H2,1-2H3,(H,32,35)(H,31,33,37). The first kappa shape index (κ1) is 25.6. The molecular weight excluding hydrogens is 482 g/mol. The lowest BCUT2D eigenvalue weighted by Gasteiger charge is -2.23. The van der Waals surface area contributed by atoms with Crippen molar-refractivity contribution in [2.75, 3.05) is 37.9 Å². The molecule has 2 heterocycles. The molecule has 0 saturated carbocycles.